The molecule has 0 spiro atoms. The van der Waals surface area contributed by atoms with E-state index in [9.17, 15) is 14.9 Å². The predicted octanol–water partition coefficient (Wildman–Crippen LogP) is 1.88. The molecule has 0 fully saturated rings. The van der Waals surface area contributed by atoms with Crippen LogP contribution in [-0.2, 0) is 9.53 Å². The van der Waals surface area contributed by atoms with E-state index in [1.54, 1.807) is 6.07 Å². The molecule has 0 aromatic heterocycles. The molecule has 0 aliphatic rings. The van der Waals surface area contributed by atoms with Gasteiger partial charge in [-0.15, -0.1) is 0 Å². The average molecular weight is 284 g/mol. The minimum absolute atomic E-state index is 0.161. The Morgan fingerprint density at radius 2 is 2.25 bits per heavy atom. The molecule has 0 saturated carbocycles. The topological polar surface area (TPSA) is 69.4 Å². The molecule has 1 aromatic rings. The van der Waals surface area contributed by atoms with Gasteiger partial charge in [-0.3, -0.25) is 10.1 Å². The molecule has 0 atom stereocenters. The van der Waals surface area contributed by atoms with Crippen LogP contribution >= 0.6 is 15.9 Å². The van der Waals surface area contributed by atoms with E-state index in [0.717, 1.165) is 0 Å². The molecular weight excluding hydrogens is 278 g/mol. The van der Waals surface area contributed by atoms with Gasteiger partial charge >= 0.3 is 5.97 Å². The smallest absolute Gasteiger partial charge is 0.384 e. The molecule has 1 rings (SSSR count). The number of carbonyl (C=O) groups is 1. The van der Waals surface area contributed by atoms with E-state index < -0.39 is 10.9 Å². The summed E-state index contributed by atoms with van der Waals surface area (Å²) in [6.45, 7) is 0. The lowest BCUT2D eigenvalue weighted by atomic mass is 10.2. The van der Waals surface area contributed by atoms with Crippen molar-refractivity contribution in [2.45, 2.75) is 0 Å². The lowest BCUT2D eigenvalue weighted by molar-refractivity contribution is -0.385. The van der Waals surface area contributed by atoms with Crippen LogP contribution in [0.25, 0.3) is 0 Å². The molecular formula is C10H6BrNO4. The Morgan fingerprint density at radius 1 is 1.56 bits per heavy atom. The molecule has 0 unspecified atom stereocenters. The van der Waals surface area contributed by atoms with E-state index >= 15 is 0 Å². The second-order valence-corrected chi connectivity index (χ2v) is 3.58. The highest BCUT2D eigenvalue weighted by Crippen LogP contribution is 2.22. The monoisotopic (exact) mass is 283 g/mol. The highest BCUT2D eigenvalue weighted by Gasteiger charge is 2.12. The van der Waals surface area contributed by atoms with E-state index in [1.807, 2.05) is 0 Å². The molecule has 16 heavy (non-hydrogen) atoms. The van der Waals surface area contributed by atoms with Crippen molar-refractivity contribution in [3.05, 3.63) is 38.3 Å². The Hall–Kier alpha value is -1.87. The zero-order chi connectivity index (χ0) is 12.1. The molecule has 0 aliphatic heterocycles. The number of halogens is 1. The van der Waals surface area contributed by atoms with E-state index in [4.69, 9.17) is 0 Å². The van der Waals surface area contributed by atoms with Gasteiger partial charge in [0, 0.05) is 16.5 Å². The summed E-state index contributed by atoms with van der Waals surface area (Å²) >= 11 is 3.11. The molecule has 0 N–H and O–H groups in total. The third-order valence-corrected chi connectivity index (χ3v) is 2.13. The fourth-order valence-corrected chi connectivity index (χ4v) is 1.28. The van der Waals surface area contributed by atoms with E-state index in [-0.39, 0.29) is 11.3 Å². The molecule has 0 saturated heterocycles. The lowest BCUT2D eigenvalue weighted by Crippen LogP contribution is -1.96. The Kier molecular flexibility index (Phi) is 4.03. The average Bonchev–Trinajstić information content (AvgIpc) is 2.26. The van der Waals surface area contributed by atoms with Crippen LogP contribution in [0, 0.1) is 22.0 Å². The van der Waals surface area contributed by atoms with Crippen LogP contribution in [0.1, 0.15) is 5.56 Å². The molecule has 0 bridgehead atoms. The molecule has 5 nitrogen and oxygen atoms in total. The number of hydrogen-bond acceptors (Lipinski definition) is 4. The van der Waals surface area contributed by atoms with Gasteiger partial charge in [-0.05, 0) is 18.1 Å². The summed E-state index contributed by atoms with van der Waals surface area (Å²) in [5.41, 5.74) is 0.00405. The van der Waals surface area contributed by atoms with Crippen molar-refractivity contribution in [3.8, 4) is 11.8 Å². The van der Waals surface area contributed by atoms with Crippen molar-refractivity contribution in [3.63, 3.8) is 0 Å². The Balaban J connectivity index is 3.17. The van der Waals surface area contributed by atoms with E-state index in [0.29, 0.717) is 4.47 Å². The number of ether oxygens (including phenoxy) is 1. The summed E-state index contributed by atoms with van der Waals surface area (Å²) in [5, 5.41) is 10.7. The molecule has 0 amide bonds. The quantitative estimate of drug-likeness (QED) is 0.342. The number of rotatable bonds is 1. The third-order valence-electron chi connectivity index (χ3n) is 1.64. The molecule has 0 aliphatic carbocycles. The summed E-state index contributed by atoms with van der Waals surface area (Å²) in [4.78, 5) is 20.9. The fourth-order valence-electron chi connectivity index (χ4n) is 0.931. The van der Waals surface area contributed by atoms with Crippen molar-refractivity contribution in [2.75, 3.05) is 7.11 Å². The van der Waals surface area contributed by atoms with E-state index in [2.05, 4.69) is 32.5 Å². The van der Waals surface area contributed by atoms with Crippen LogP contribution in [0.4, 0.5) is 5.69 Å². The summed E-state index contributed by atoms with van der Waals surface area (Å²) in [5.74, 6) is 3.78. The van der Waals surface area contributed by atoms with Crippen molar-refractivity contribution < 1.29 is 14.5 Å². The maximum absolute atomic E-state index is 10.8. The minimum atomic E-state index is -0.739. The largest absolute Gasteiger partial charge is 0.459 e. The van der Waals surface area contributed by atoms with Crippen LogP contribution in [0.5, 0.6) is 0 Å². The predicted molar refractivity (Wildman–Crippen MR) is 59.7 cm³/mol. The number of esters is 1. The third kappa shape index (κ3) is 3.07. The fraction of sp³-hybridized carbons (Fsp3) is 0.100. The second kappa shape index (κ2) is 5.28. The van der Waals surface area contributed by atoms with Crippen molar-refractivity contribution in [2.24, 2.45) is 0 Å². The maximum atomic E-state index is 10.8. The van der Waals surface area contributed by atoms with Crippen LogP contribution in [0.3, 0.4) is 0 Å². The lowest BCUT2D eigenvalue weighted by Gasteiger charge is -1.95. The van der Waals surface area contributed by atoms with Crippen LogP contribution in [-0.4, -0.2) is 18.0 Å². The van der Waals surface area contributed by atoms with Gasteiger partial charge in [0.25, 0.3) is 5.69 Å². The number of nitrogens with zero attached hydrogens (tertiary/aromatic N) is 1. The number of methoxy groups -OCH3 is 1. The van der Waals surface area contributed by atoms with Gasteiger partial charge in [0.2, 0.25) is 0 Å². The first-order chi connectivity index (χ1) is 7.54. The molecule has 0 radical (unpaired) electrons. The number of benzene rings is 1. The van der Waals surface area contributed by atoms with Gasteiger partial charge in [0.1, 0.15) is 5.56 Å². The van der Waals surface area contributed by atoms with Gasteiger partial charge in [0.05, 0.1) is 12.0 Å². The van der Waals surface area contributed by atoms with Gasteiger partial charge in [0.15, 0.2) is 0 Å². The van der Waals surface area contributed by atoms with Crippen molar-refractivity contribution in [1.29, 1.82) is 0 Å². The highest BCUT2D eigenvalue weighted by atomic mass is 79.9. The minimum Gasteiger partial charge on any atom is -0.459 e. The summed E-state index contributed by atoms with van der Waals surface area (Å²) in [7, 11) is 1.19. The molecule has 6 heteroatoms. The first-order valence-electron chi connectivity index (χ1n) is 4.08. The SMILES string of the molecule is COC(=O)C#Cc1ccc(Br)cc1[N+](=O)[O-]. The van der Waals surface area contributed by atoms with Gasteiger partial charge < -0.3 is 4.74 Å². The van der Waals surface area contributed by atoms with Gasteiger partial charge in [-0.25, -0.2) is 4.79 Å². The first kappa shape index (κ1) is 12.2. The molecule has 82 valence electrons. The van der Waals surface area contributed by atoms with E-state index in [1.165, 1.54) is 19.2 Å². The van der Waals surface area contributed by atoms with Crippen LogP contribution in [0.2, 0.25) is 0 Å². The van der Waals surface area contributed by atoms with Crippen LogP contribution < -0.4 is 0 Å². The van der Waals surface area contributed by atoms with Gasteiger partial charge in [-0.1, -0.05) is 15.9 Å². The standard InChI is InChI=1S/C10H6BrNO4/c1-16-10(13)5-3-7-2-4-8(11)6-9(7)12(14)15/h2,4,6H,1H3. The number of nitro groups is 1. The zero-order valence-electron chi connectivity index (χ0n) is 8.19. The summed E-state index contributed by atoms with van der Waals surface area (Å²) in [6.07, 6.45) is 0. The Morgan fingerprint density at radius 3 is 2.81 bits per heavy atom. The van der Waals surface area contributed by atoms with Crippen molar-refractivity contribution in [1.82, 2.24) is 0 Å². The number of carbonyl (C=O) groups excluding carboxylic acids is 1. The van der Waals surface area contributed by atoms with Crippen LogP contribution in [0.15, 0.2) is 22.7 Å². The Bertz CT molecular complexity index is 501. The number of nitro benzene ring substituents is 1. The van der Waals surface area contributed by atoms with Gasteiger partial charge in [-0.2, -0.15) is 0 Å². The highest BCUT2D eigenvalue weighted by molar-refractivity contribution is 9.10. The summed E-state index contributed by atoms with van der Waals surface area (Å²) < 4.78 is 4.88. The van der Waals surface area contributed by atoms with Crippen molar-refractivity contribution >= 4 is 27.6 Å². The Labute approximate surface area is 99.7 Å². The molecule has 1 aromatic carbocycles. The second-order valence-electron chi connectivity index (χ2n) is 2.66. The first-order valence-corrected chi connectivity index (χ1v) is 4.88. The number of hydrogen-bond donors (Lipinski definition) is 0. The molecule has 0 heterocycles. The maximum Gasteiger partial charge on any atom is 0.384 e. The summed E-state index contributed by atoms with van der Waals surface area (Å²) in [6, 6.07) is 4.38. The zero-order valence-corrected chi connectivity index (χ0v) is 9.78. The normalized spacial score (nSPS) is 8.88.